The van der Waals surface area contributed by atoms with Crippen molar-refractivity contribution in [1.82, 2.24) is 4.90 Å². The van der Waals surface area contributed by atoms with E-state index in [1.807, 2.05) is 30.3 Å². The maximum atomic E-state index is 12.3. The van der Waals surface area contributed by atoms with Crippen LogP contribution in [-0.4, -0.2) is 42.1 Å². The number of hydrogen-bond donors (Lipinski definition) is 1. The Morgan fingerprint density at radius 1 is 1.21 bits per heavy atom. The molecule has 7 nitrogen and oxygen atoms in total. The van der Waals surface area contributed by atoms with Crippen molar-refractivity contribution in [2.75, 3.05) is 13.2 Å². The number of carbonyl (C=O) groups is 3. The molecule has 0 aliphatic carbocycles. The Morgan fingerprint density at radius 3 is 2.54 bits per heavy atom. The number of hydrogen-bond acceptors (Lipinski definition) is 5. The second-order valence-corrected chi connectivity index (χ2v) is 5.63. The first-order valence-corrected chi connectivity index (χ1v) is 7.96. The Hall–Kier alpha value is -2.57. The van der Waals surface area contributed by atoms with Crippen molar-refractivity contribution in [3.05, 3.63) is 35.9 Å². The summed E-state index contributed by atoms with van der Waals surface area (Å²) in [4.78, 5) is 37.1. The number of amides is 2. The number of piperidine rings is 1. The Labute approximate surface area is 140 Å². The molecule has 1 fully saturated rings. The van der Waals surface area contributed by atoms with Crippen molar-refractivity contribution in [3.8, 4) is 0 Å². The quantitative estimate of drug-likeness (QED) is 0.822. The summed E-state index contributed by atoms with van der Waals surface area (Å²) in [6.07, 6.45) is -0.0255. The number of carbonyl (C=O) groups excluding carboxylic acids is 3. The number of likely N-dealkylation sites (tertiary alicyclic amines) is 1. The van der Waals surface area contributed by atoms with Gasteiger partial charge in [-0.3, -0.25) is 14.5 Å². The first kappa shape index (κ1) is 17.8. The number of rotatable bonds is 5. The summed E-state index contributed by atoms with van der Waals surface area (Å²) in [5.74, 6) is -1.44. The molecule has 1 saturated heterocycles. The topological polar surface area (TPSA) is 98.9 Å². The van der Waals surface area contributed by atoms with E-state index in [1.54, 1.807) is 6.92 Å². The van der Waals surface area contributed by atoms with Gasteiger partial charge in [-0.15, -0.1) is 0 Å². The molecular formula is C17H22N2O5. The van der Waals surface area contributed by atoms with Crippen LogP contribution in [0.4, 0.5) is 4.79 Å². The molecule has 1 aromatic rings. The van der Waals surface area contributed by atoms with E-state index >= 15 is 0 Å². The summed E-state index contributed by atoms with van der Waals surface area (Å²) < 4.78 is 10.2. The van der Waals surface area contributed by atoms with Gasteiger partial charge in [-0.2, -0.15) is 0 Å². The molecule has 2 rings (SSSR count). The van der Waals surface area contributed by atoms with Crippen molar-refractivity contribution in [2.45, 2.75) is 32.4 Å². The molecule has 1 heterocycles. The van der Waals surface area contributed by atoms with Crippen molar-refractivity contribution >= 4 is 18.0 Å². The van der Waals surface area contributed by atoms with Crippen LogP contribution in [-0.2, 0) is 25.7 Å². The molecule has 7 heteroatoms. The standard InChI is InChI=1S/C17H22N2O5/c1-2-23-16(21)13-8-9-19(14(10-13)15(18)20)17(22)24-11-12-6-4-3-5-7-12/h3-7,13-14H,2,8-11H2,1H3,(H2,18,20)/t13-,14+/m1/s1. The lowest BCUT2D eigenvalue weighted by molar-refractivity contribution is -0.150. The molecule has 2 N–H and O–H groups in total. The number of nitrogens with two attached hydrogens (primary N) is 1. The minimum Gasteiger partial charge on any atom is -0.466 e. The van der Waals surface area contributed by atoms with Crippen LogP contribution in [0.3, 0.4) is 0 Å². The fourth-order valence-electron chi connectivity index (χ4n) is 2.73. The second-order valence-electron chi connectivity index (χ2n) is 5.63. The van der Waals surface area contributed by atoms with E-state index in [9.17, 15) is 14.4 Å². The van der Waals surface area contributed by atoms with Gasteiger partial charge in [0.25, 0.3) is 0 Å². The molecule has 0 radical (unpaired) electrons. The average molecular weight is 334 g/mol. The SMILES string of the molecule is CCOC(=O)[C@@H]1CCN(C(=O)OCc2ccccc2)[C@H](C(N)=O)C1. The third-order valence-corrected chi connectivity index (χ3v) is 3.99. The molecule has 1 aliphatic rings. The summed E-state index contributed by atoms with van der Waals surface area (Å²) in [5, 5.41) is 0. The number of ether oxygens (including phenoxy) is 2. The van der Waals surface area contributed by atoms with Crippen LogP contribution in [0.5, 0.6) is 0 Å². The second kappa shape index (κ2) is 8.33. The molecule has 0 spiro atoms. The van der Waals surface area contributed by atoms with Crippen LogP contribution >= 0.6 is 0 Å². The highest BCUT2D eigenvalue weighted by Crippen LogP contribution is 2.25. The van der Waals surface area contributed by atoms with E-state index in [0.717, 1.165) is 5.56 Å². The predicted molar refractivity (Wildman–Crippen MR) is 85.7 cm³/mol. The first-order chi connectivity index (χ1) is 11.5. The zero-order chi connectivity index (χ0) is 17.5. The number of benzene rings is 1. The molecule has 0 saturated carbocycles. The van der Waals surface area contributed by atoms with Crippen LogP contribution in [0.1, 0.15) is 25.3 Å². The van der Waals surface area contributed by atoms with Crippen LogP contribution in [0, 0.1) is 5.92 Å². The zero-order valence-electron chi connectivity index (χ0n) is 13.6. The molecule has 2 amide bonds. The fourth-order valence-corrected chi connectivity index (χ4v) is 2.73. The minimum atomic E-state index is -0.864. The largest absolute Gasteiger partial charge is 0.466 e. The lowest BCUT2D eigenvalue weighted by atomic mass is 9.90. The highest BCUT2D eigenvalue weighted by atomic mass is 16.6. The highest BCUT2D eigenvalue weighted by molar-refractivity contribution is 5.85. The third-order valence-electron chi connectivity index (χ3n) is 3.99. The molecule has 130 valence electrons. The van der Waals surface area contributed by atoms with Crippen LogP contribution in [0.15, 0.2) is 30.3 Å². The van der Waals surface area contributed by atoms with Gasteiger partial charge in [0.05, 0.1) is 12.5 Å². The summed E-state index contributed by atoms with van der Waals surface area (Å²) >= 11 is 0. The van der Waals surface area contributed by atoms with Gasteiger partial charge < -0.3 is 15.2 Å². The van der Waals surface area contributed by atoms with Crippen molar-refractivity contribution in [1.29, 1.82) is 0 Å². The van der Waals surface area contributed by atoms with Crippen LogP contribution in [0.25, 0.3) is 0 Å². The predicted octanol–water partition coefficient (Wildman–Crippen LogP) is 1.45. The minimum absolute atomic E-state index is 0.114. The van der Waals surface area contributed by atoms with Gasteiger partial charge in [-0.25, -0.2) is 4.79 Å². The molecule has 2 atom stereocenters. The Bertz CT molecular complexity index is 590. The van der Waals surface area contributed by atoms with E-state index in [1.165, 1.54) is 4.90 Å². The molecule has 24 heavy (non-hydrogen) atoms. The molecule has 1 aromatic carbocycles. The van der Waals surface area contributed by atoms with Crippen LogP contribution in [0.2, 0.25) is 0 Å². The van der Waals surface area contributed by atoms with Crippen molar-refractivity contribution in [2.24, 2.45) is 11.7 Å². The fraction of sp³-hybridized carbons (Fsp3) is 0.471. The lowest BCUT2D eigenvalue weighted by Crippen LogP contribution is -2.53. The normalized spacial score (nSPS) is 20.3. The maximum absolute atomic E-state index is 12.3. The van der Waals surface area contributed by atoms with E-state index in [-0.39, 0.29) is 32.1 Å². The molecule has 0 unspecified atom stereocenters. The molecular weight excluding hydrogens is 312 g/mol. The van der Waals surface area contributed by atoms with Gasteiger partial charge in [-0.1, -0.05) is 30.3 Å². The highest BCUT2D eigenvalue weighted by Gasteiger charge is 2.39. The van der Waals surface area contributed by atoms with Gasteiger partial charge in [0.1, 0.15) is 12.6 Å². The van der Waals surface area contributed by atoms with E-state index in [2.05, 4.69) is 0 Å². The molecule has 0 bridgehead atoms. The third kappa shape index (κ3) is 4.47. The Morgan fingerprint density at radius 2 is 1.92 bits per heavy atom. The number of esters is 1. The summed E-state index contributed by atoms with van der Waals surface area (Å²) in [6.45, 7) is 2.34. The van der Waals surface area contributed by atoms with Gasteiger partial charge in [0.15, 0.2) is 0 Å². The number of nitrogens with zero attached hydrogens (tertiary/aromatic N) is 1. The zero-order valence-corrected chi connectivity index (χ0v) is 13.6. The Balaban J connectivity index is 1.97. The first-order valence-electron chi connectivity index (χ1n) is 7.96. The summed E-state index contributed by atoms with van der Waals surface area (Å²) in [5.41, 5.74) is 6.25. The van der Waals surface area contributed by atoms with Gasteiger partial charge >= 0.3 is 12.1 Å². The maximum Gasteiger partial charge on any atom is 0.410 e. The smallest absolute Gasteiger partial charge is 0.410 e. The number of primary amides is 1. The van der Waals surface area contributed by atoms with E-state index < -0.39 is 24.0 Å². The van der Waals surface area contributed by atoms with E-state index in [4.69, 9.17) is 15.2 Å². The van der Waals surface area contributed by atoms with E-state index in [0.29, 0.717) is 6.42 Å². The average Bonchev–Trinajstić information content (AvgIpc) is 2.60. The Kier molecular flexibility index (Phi) is 6.17. The molecule has 1 aliphatic heterocycles. The molecule has 0 aromatic heterocycles. The van der Waals surface area contributed by atoms with Gasteiger partial charge in [0, 0.05) is 6.54 Å². The monoisotopic (exact) mass is 334 g/mol. The van der Waals surface area contributed by atoms with Gasteiger partial charge in [0.2, 0.25) is 5.91 Å². The van der Waals surface area contributed by atoms with Crippen molar-refractivity contribution in [3.63, 3.8) is 0 Å². The lowest BCUT2D eigenvalue weighted by Gasteiger charge is -2.36. The van der Waals surface area contributed by atoms with Gasteiger partial charge in [-0.05, 0) is 25.3 Å². The summed E-state index contributed by atoms with van der Waals surface area (Å²) in [6, 6.07) is 8.38. The van der Waals surface area contributed by atoms with Crippen molar-refractivity contribution < 1.29 is 23.9 Å². The summed E-state index contributed by atoms with van der Waals surface area (Å²) in [7, 11) is 0. The van der Waals surface area contributed by atoms with Crippen LogP contribution < -0.4 is 5.73 Å².